The number of carbonyl (C=O) groups is 3. The summed E-state index contributed by atoms with van der Waals surface area (Å²) in [5.74, 6) is -2.72. The smallest absolute Gasteiger partial charge is 0.322 e. The Balaban J connectivity index is 2.18. The van der Waals surface area contributed by atoms with Crippen LogP contribution >= 0.6 is 0 Å². The zero-order valence-corrected chi connectivity index (χ0v) is 11.1. The molecular weight excluding hydrogens is 283 g/mol. The number of benzene rings is 1. The highest BCUT2D eigenvalue weighted by Gasteiger charge is 2.08. The molecule has 8 heteroatoms. The van der Waals surface area contributed by atoms with Crippen LogP contribution < -0.4 is 15.4 Å². The Morgan fingerprint density at radius 2 is 1.76 bits per heavy atom. The summed E-state index contributed by atoms with van der Waals surface area (Å²) in [5.41, 5.74) is 0. The first-order valence-corrected chi connectivity index (χ1v) is 6.11. The van der Waals surface area contributed by atoms with E-state index >= 15 is 0 Å². The second-order valence-corrected chi connectivity index (χ2v) is 3.98. The second kappa shape index (κ2) is 8.51. The number of aliphatic carboxylic acids is 1. The fraction of sp³-hybridized carbons (Fsp3) is 0.308. The van der Waals surface area contributed by atoms with Gasteiger partial charge in [0.1, 0.15) is 6.54 Å². The van der Waals surface area contributed by atoms with Crippen LogP contribution in [0.3, 0.4) is 0 Å². The molecule has 1 aromatic carbocycles. The molecule has 0 aromatic heterocycles. The van der Waals surface area contributed by atoms with Crippen LogP contribution in [0, 0.1) is 5.82 Å². The maximum absolute atomic E-state index is 13.2. The Kier molecular flexibility index (Phi) is 6.66. The van der Waals surface area contributed by atoms with E-state index in [4.69, 9.17) is 9.84 Å². The van der Waals surface area contributed by atoms with E-state index in [1.807, 2.05) is 0 Å². The van der Waals surface area contributed by atoms with Crippen molar-refractivity contribution in [1.82, 2.24) is 10.6 Å². The molecule has 7 nitrogen and oxygen atoms in total. The number of hydrogen-bond donors (Lipinski definition) is 3. The third kappa shape index (κ3) is 6.90. The molecule has 2 amide bonds. The number of hydrogen-bond acceptors (Lipinski definition) is 4. The lowest BCUT2D eigenvalue weighted by Gasteiger charge is -2.07. The van der Waals surface area contributed by atoms with Crippen molar-refractivity contribution in [2.24, 2.45) is 0 Å². The van der Waals surface area contributed by atoms with Gasteiger partial charge in [-0.2, -0.15) is 0 Å². The van der Waals surface area contributed by atoms with E-state index in [1.54, 1.807) is 6.07 Å². The highest BCUT2D eigenvalue weighted by Crippen LogP contribution is 2.15. The molecular formula is C13H15FN2O5. The van der Waals surface area contributed by atoms with E-state index in [1.165, 1.54) is 18.2 Å². The number of rotatable bonds is 8. The number of carboxylic acid groups (broad SMARTS) is 1. The van der Waals surface area contributed by atoms with Gasteiger partial charge in [-0.1, -0.05) is 12.1 Å². The van der Waals surface area contributed by atoms with Gasteiger partial charge >= 0.3 is 5.97 Å². The van der Waals surface area contributed by atoms with Crippen molar-refractivity contribution in [3.8, 4) is 5.75 Å². The van der Waals surface area contributed by atoms with Gasteiger partial charge in [0.15, 0.2) is 11.6 Å². The van der Waals surface area contributed by atoms with Crippen molar-refractivity contribution in [1.29, 1.82) is 0 Å². The Bertz CT molecular complexity index is 521. The first-order chi connectivity index (χ1) is 9.99. The summed E-state index contributed by atoms with van der Waals surface area (Å²) in [6, 6.07) is 5.80. The number of amides is 2. The maximum atomic E-state index is 13.2. The summed E-state index contributed by atoms with van der Waals surface area (Å²) in [4.78, 5) is 32.7. The second-order valence-electron chi connectivity index (χ2n) is 3.98. The highest BCUT2D eigenvalue weighted by molar-refractivity contribution is 5.86. The van der Waals surface area contributed by atoms with Gasteiger partial charge in [-0.3, -0.25) is 14.4 Å². The Morgan fingerprint density at radius 3 is 2.43 bits per heavy atom. The van der Waals surface area contributed by atoms with E-state index < -0.39 is 30.1 Å². The molecule has 0 fully saturated rings. The highest BCUT2D eigenvalue weighted by atomic mass is 19.1. The lowest BCUT2D eigenvalue weighted by Crippen LogP contribution is -2.39. The average molecular weight is 298 g/mol. The summed E-state index contributed by atoms with van der Waals surface area (Å²) >= 11 is 0. The molecule has 0 spiro atoms. The quantitative estimate of drug-likeness (QED) is 0.622. The maximum Gasteiger partial charge on any atom is 0.322 e. The molecule has 0 bridgehead atoms. The van der Waals surface area contributed by atoms with Gasteiger partial charge in [0.05, 0.1) is 19.6 Å². The number of carboxylic acids is 1. The molecule has 0 atom stereocenters. The summed E-state index contributed by atoms with van der Waals surface area (Å²) in [6.07, 6.45) is -0.0550. The normalized spacial score (nSPS) is 9.76. The van der Waals surface area contributed by atoms with Gasteiger partial charge in [0.25, 0.3) is 0 Å². The molecule has 21 heavy (non-hydrogen) atoms. The fourth-order valence-electron chi connectivity index (χ4n) is 1.32. The molecule has 0 saturated carbocycles. The first-order valence-electron chi connectivity index (χ1n) is 6.11. The summed E-state index contributed by atoms with van der Waals surface area (Å²) in [5, 5.41) is 12.7. The third-order valence-corrected chi connectivity index (χ3v) is 2.31. The number of para-hydroxylation sites is 1. The van der Waals surface area contributed by atoms with Crippen LogP contribution in [-0.2, 0) is 14.4 Å². The largest absolute Gasteiger partial charge is 0.490 e. The standard InChI is InChI=1S/C13H15FN2O5/c14-9-3-1-2-4-10(9)21-6-5-11(17)15-7-12(18)16-8-13(19)20/h1-4H,5-8H2,(H,15,17)(H,16,18)(H,19,20). The van der Waals surface area contributed by atoms with E-state index in [2.05, 4.69) is 10.6 Å². The Morgan fingerprint density at radius 1 is 1.10 bits per heavy atom. The van der Waals surface area contributed by atoms with Crippen molar-refractivity contribution >= 4 is 17.8 Å². The molecule has 0 radical (unpaired) electrons. The minimum absolute atomic E-state index is 0.0382. The molecule has 0 aliphatic carbocycles. The third-order valence-electron chi connectivity index (χ3n) is 2.31. The SMILES string of the molecule is O=C(O)CNC(=O)CNC(=O)CCOc1ccccc1F. The first kappa shape index (κ1) is 16.4. The lowest BCUT2D eigenvalue weighted by molar-refractivity contribution is -0.137. The van der Waals surface area contributed by atoms with Gasteiger partial charge in [-0.25, -0.2) is 4.39 Å². The molecule has 0 unspecified atom stereocenters. The fourth-order valence-corrected chi connectivity index (χ4v) is 1.32. The van der Waals surface area contributed by atoms with Crippen molar-refractivity contribution in [3.63, 3.8) is 0 Å². The minimum atomic E-state index is -1.17. The summed E-state index contributed by atoms with van der Waals surface area (Å²) in [6.45, 7) is -0.875. The van der Waals surface area contributed by atoms with E-state index in [0.29, 0.717) is 0 Å². The van der Waals surface area contributed by atoms with Gasteiger partial charge in [-0.05, 0) is 12.1 Å². The van der Waals surface area contributed by atoms with Crippen LogP contribution in [0.4, 0.5) is 4.39 Å². The number of carbonyl (C=O) groups excluding carboxylic acids is 2. The van der Waals surface area contributed by atoms with Crippen LogP contribution in [-0.4, -0.2) is 42.6 Å². The molecule has 0 aliphatic heterocycles. The van der Waals surface area contributed by atoms with E-state index in [9.17, 15) is 18.8 Å². The number of halogens is 1. The predicted molar refractivity (Wildman–Crippen MR) is 70.2 cm³/mol. The minimum Gasteiger partial charge on any atom is -0.490 e. The zero-order valence-electron chi connectivity index (χ0n) is 11.1. The Labute approximate surface area is 120 Å². The average Bonchev–Trinajstić information content (AvgIpc) is 2.45. The monoisotopic (exact) mass is 298 g/mol. The summed E-state index contributed by atoms with van der Waals surface area (Å²) in [7, 11) is 0. The van der Waals surface area contributed by atoms with Crippen LogP contribution in [0.1, 0.15) is 6.42 Å². The van der Waals surface area contributed by atoms with Crippen molar-refractivity contribution in [2.45, 2.75) is 6.42 Å². The van der Waals surface area contributed by atoms with Gasteiger partial charge < -0.3 is 20.5 Å². The van der Waals surface area contributed by atoms with Crippen molar-refractivity contribution < 1.29 is 28.6 Å². The number of ether oxygens (including phenoxy) is 1. The lowest BCUT2D eigenvalue weighted by atomic mass is 10.3. The summed E-state index contributed by atoms with van der Waals surface area (Å²) < 4.78 is 18.3. The molecule has 0 heterocycles. The Hall–Kier alpha value is -2.64. The zero-order chi connectivity index (χ0) is 15.7. The molecule has 114 valence electrons. The van der Waals surface area contributed by atoms with Gasteiger partial charge in [0.2, 0.25) is 11.8 Å². The molecule has 1 rings (SSSR count). The number of nitrogens with one attached hydrogen (secondary N) is 2. The van der Waals surface area contributed by atoms with Crippen LogP contribution in [0.2, 0.25) is 0 Å². The molecule has 0 saturated heterocycles. The van der Waals surface area contributed by atoms with Crippen LogP contribution in [0.25, 0.3) is 0 Å². The van der Waals surface area contributed by atoms with Crippen molar-refractivity contribution in [2.75, 3.05) is 19.7 Å². The van der Waals surface area contributed by atoms with Crippen molar-refractivity contribution in [3.05, 3.63) is 30.1 Å². The van der Waals surface area contributed by atoms with E-state index in [0.717, 1.165) is 0 Å². The van der Waals surface area contributed by atoms with Crippen LogP contribution in [0.5, 0.6) is 5.75 Å². The predicted octanol–water partition coefficient (Wildman–Crippen LogP) is -0.0884. The van der Waals surface area contributed by atoms with Gasteiger partial charge in [-0.15, -0.1) is 0 Å². The van der Waals surface area contributed by atoms with Crippen LogP contribution in [0.15, 0.2) is 24.3 Å². The molecule has 1 aromatic rings. The van der Waals surface area contributed by atoms with E-state index in [-0.39, 0.29) is 25.3 Å². The molecule has 3 N–H and O–H groups in total. The molecule has 0 aliphatic rings. The topological polar surface area (TPSA) is 105 Å². The van der Waals surface area contributed by atoms with Gasteiger partial charge in [0, 0.05) is 0 Å².